The van der Waals surface area contributed by atoms with Crippen LogP contribution >= 0.6 is 0 Å². The lowest BCUT2D eigenvalue weighted by Crippen LogP contribution is -2.47. The lowest BCUT2D eigenvalue weighted by molar-refractivity contribution is -0.0844. The van der Waals surface area contributed by atoms with Crippen LogP contribution in [0.4, 0.5) is 0 Å². The molecular weight excluding hydrogens is 238 g/mol. The lowest BCUT2D eigenvalue weighted by Gasteiger charge is -2.40. The second-order valence-electron chi connectivity index (χ2n) is 7.22. The van der Waals surface area contributed by atoms with Crippen molar-refractivity contribution in [3.63, 3.8) is 0 Å². The highest BCUT2D eigenvalue weighted by atomic mass is 16.5. The molecule has 0 aromatic rings. The molecule has 3 nitrogen and oxygen atoms in total. The third kappa shape index (κ3) is 4.44. The van der Waals surface area contributed by atoms with Gasteiger partial charge in [-0.05, 0) is 37.5 Å². The van der Waals surface area contributed by atoms with Gasteiger partial charge < -0.3 is 14.8 Å². The molecule has 1 N–H and O–H groups in total. The molecule has 1 unspecified atom stereocenters. The van der Waals surface area contributed by atoms with E-state index in [1.54, 1.807) is 7.11 Å². The minimum absolute atomic E-state index is 0.229. The van der Waals surface area contributed by atoms with Crippen molar-refractivity contribution in [1.29, 1.82) is 0 Å². The van der Waals surface area contributed by atoms with E-state index in [2.05, 4.69) is 19.2 Å². The molecule has 1 heterocycles. The number of ether oxygens (including phenoxy) is 2. The molecule has 0 radical (unpaired) electrons. The average Bonchev–Trinajstić information content (AvgIpc) is 2.82. The molecule has 1 atom stereocenters. The van der Waals surface area contributed by atoms with E-state index in [0.717, 1.165) is 26.2 Å². The zero-order chi connectivity index (χ0) is 13.8. The van der Waals surface area contributed by atoms with Crippen molar-refractivity contribution in [1.82, 2.24) is 5.32 Å². The summed E-state index contributed by atoms with van der Waals surface area (Å²) in [6.07, 6.45) is 8.76. The summed E-state index contributed by atoms with van der Waals surface area (Å²) >= 11 is 0. The zero-order valence-corrected chi connectivity index (χ0v) is 13.0. The van der Waals surface area contributed by atoms with Crippen molar-refractivity contribution in [2.75, 3.05) is 26.9 Å². The van der Waals surface area contributed by atoms with Gasteiger partial charge in [0.2, 0.25) is 0 Å². The van der Waals surface area contributed by atoms with E-state index in [-0.39, 0.29) is 5.60 Å². The standard InChI is InChI=1S/C16H31NO2/c1-15(2,9-11-18-3)13-17-14-6-10-19-16(12-14)7-4-5-8-16/h14,17H,4-13H2,1-3H3. The predicted octanol–water partition coefficient (Wildman–Crippen LogP) is 3.13. The molecule has 0 aromatic heterocycles. The van der Waals surface area contributed by atoms with Gasteiger partial charge in [-0.1, -0.05) is 26.7 Å². The zero-order valence-electron chi connectivity index (χ0n) is 13.0. The maximum absolute atomic E-state index is 6.09. The first-order valence-corrected chi connectivity index (χ1v) is 7.92. The van der Waals surface area contributed by atoms with Crippen molar-refractivity contribution >= 4 is 0 Å². The number of methoxy groups -OCH3 is 1. The fourth-order valence-electron chi connectivity index (χ4n) is 3.46. The van der Waals surface area contributed by atoms with E-state index >= 15 is 0 Å². The van der Waals surface area contributed by atoms with E-state index in [9.17, 15) is 0 Å². The van der Waals surface area contributed by atoms with E-state index in [4.69, 9.17) is 9.47 Å². The van der Waals surface area contributed by atoms with Crippen LogP contribution in [0.15, 0.2) is 0 Å². The topological polar surface area (TPSA) is 30.5 Å². The Hall–Kier alpha value is -0.120. The van der Waals surface area contributed by atoms with Crippen LogP contribution in [-0.2, 0) is 9.47 Å². The van der Waals surface area contributed by atoms with Crippen LogP contribution < -0.4 is 5.32 Å². The van der Waals surface area contributed by atoms with Gasteiger partial charge in [0.1, 0.15) is 0 Å². The van der Waals surface area contributed by atoms with Crippen molar-refractivity contribution in [3.8, 4) is 0 Å². The van der Waals surface area contributed by atoms with Crippen LogP contribution in [-0.4, -0.2) is 38.5 Å². The van der Waals surface area contributed by atoms with Crippen molar-refractivity contribution in [3.05, 3.63) is 0 Å². The van der Waals surface area contributed by atoms with Crippen LogP contribution in [0.3, 0.4) is 0 Å². The van der Waals surface area contributed by atoms with Gasteiger partial charge in [0.25, 0.3) is 0 Å². The molecule has 1 saturated carbocycles. The summed E-state index contributed by atoms with van der Waals surface area (Å²) in [5, 5.41) is 3.79. The largest absolute Gasteiger partial charge is 0.385 e. The highest BCUT2D eigenvalue weighted by Gasteiger charge is 2.39. The van der Waals surface area contributed by atoms with Crippen LogP contribution in [0.25, 0.3) is 0 Å². The number of hydrogen-bond acceptors (Lipinski definition) is 3. The Morgan fingerprint density at radius 3 is 2.74 bits per heavy atom. The van der Waals surface area contributed by atoms with Gasteiger partial charge in [0.15, 0.2) is 0 Å². The first kappa shape index (κ1) is 15.3. The van der Waals surface area contributed by atoms with Gasteiger partial charge in [-0.3, -0.25) is 0 Å². The first-order chi connectivity index (χ1) is 9.05. The fourth-order valence-corrected chi connectivity index (χ4v) is 3.46. The van der Waals surface area contributed by atoms with Gasteiger partial charge in [0, 0.05) is 32.9 Å². The molecule has 0 aromatic carbocycles. The molecule has 2 fully saturated rings. The summed E-state index contributed by atoms with van der Waals surface area (Å²) in [6.45, 7) is 7.52. The summed E-state index contributed by atoms with van der Waals surface area (Å²) in [7, 11) is 1.78. The van der Waals surface area contributed by atoms with Gasteiger partial charge in [0.05, 0.1) is 5.60 Å². The van der Waals surface area contributed by atoms with Crippen molar-refractivity contribution in [2.24, 2.45) is 5.41 Å². The molecule has 112 valence electrons. The molecule has 2 rings (SSSR count). The van der Waals surface area contributed by atoms with Gasteiger partial charge in [-0.15, -0.1) is 0 Å². The Kier molecular flexibility index (Phi) is 5.27. The molecule has 0 bridgehead atoms. The number of rotatable bonds is 6. The molecular formula is C16H31NO2. The molecule has 19 heavy (non-hydrogen) atoms. The Labute approximate surface area is 118 Å². The lowest BCUT2D eigenvalue weighted by atomic mass is 9.86. The van der Waals surface area contributed by atoms with Crippen LogP contribution in [0, 0.1) is 5.41 Å². The molecule has 1 saturated heterocycles. The Balaban J connectivity index is 1.76. The molecule has 2 aliphatic rings. The summed E-state index contributed by atoms with van der Waals surface area (Å²) in [6, 6.07) is 0.647. The van der Waals surface area contributed by atoms with E-state index in [0.29, 0.717) is 11.5 Å². The Morgan fingerprint density at radius 2 is 2.05 bits per heavy atom. The monoisotopic (exact) mass is 269 g/mol. The van der Waals surface area contributed by atoms with E-state index in [1.807, 2.05) is 0 Å². The van der Waals surface area contributed by atoms with E-state index < -0.39 is 0 Å². The molecule has 0 amide bonds. The third-order valence-corrected chi connectivity index (χ3v) is 4.86. The molecule has 3 heteroatoms. The summed E-state index contributed by atoms with van der Waals surface area (Å²) < 4.78 is 11.3. The molecule has 1 aliphatic heterocycles. The van der Waals surface area contributed by atoms with Gasteiger partial charge in [-0.25, -0.2) is 0 Å². The Bertz CT molecular complexity index is 272. The van der Waals surface area contributed by atoms with Crippen molar-refractivity contribution in [2.45, 2.75) is 70.4 Å². The van der Waals surface area contributed by atoms with E-state index in [1.165, 1.54) is 38.5 Å². The molecule has 1 aliphatic carbocycles. The fraction of sp³-hybridized carbons (Fsp3) is 1.00. The predicted molar refractivity (Wildman–Crippen MR) is 78.4 cm³/mol. The normalized spacial score (nSPS) is 27.0. The smallest absolute Gasteiger partial charge is 0.0697 e. The van der Waals surface area contributed by atoms with Gasteiger partial charge in [-0.2, -0.15) is 0 Å². The summed E-state index contributed by atoms with van der Waals surface area (Å²) in [5.41, 5.74) is 0.545. The summed E-state index contributed by atoms with van der Waals surface area (Å²) in [5.74, 6) is 0. The Morgan fingerprint density at radius 1 is 1.32 bits per heavy atom. The van der Waals surface area contributed by atoms with Crippen LogP contribution in [0.1, 0.15) is 58.8 Å². The quantitative estimate of drug-likeness (QED) is 0.803. The van der Waals surface area contributed by atoms with Crippen molar-refractivity contribution < 1.29 is 9.47 Å². The third-order valence-electron chi connectivity index (χ3n) is 4.86. The minimum atomic E-state index is 0.229. The average molecular weight is 269 g/mol. The minimum Gasteiger partial charge on any atom is -0.385 e. The number of nitrogens with one attached hydrogen (secondary N) is 1. The number of hydrogen-bond donors (Lipinski definition) is 1. The maximum Gasteiger partial charge on any atom is 0.0697 e. The summed E-state index contributed by atoms with van der Waals surface area (Å²) in [4.78, 5) is 0. The molecule has 1 spiro atoms. The second-order valence-corrected chi connectivity index (χ2v) is 7.22. The van der Waals surface area contributed by atoms with Gasteiger partial charge >= 0.3 is 0 Å². The highest BCUT2D eigenvalue weighted by molar-refractivity contribution is 4.93. The SMILES string of the molecule is COCCC(C)(C)CNC1CCOC2(CCCC2)C1. The highest BCUT2D eigenvalue weighted by Crippen LogP contribution is 2.40. The first-order valence-electron chi connectivity index (χ1n) is 7.92. The van der Waals surface area contributed by atoms with Crippen LogP contribution in [0.5, 0.6) is 0 Å². The van der Waals surface area contributed by atoms with Crippen LogP contribution in [0.2, 0.25) is 0 Å². The maximum atomic E-state index is 6.09. The second kappa shape index (κ2) is 6.55.